The van der Waals surface area contributed by atoms with Gasteiger partial charge in [0.05, 0.1) is 4.92 Å². The van der Waals surface area contributed by atoms with Gasteiger partial charge in [0.25, 0.3) is 5.69 Å². The number of nitrogens with zero attached hydrogens (tertiary/aromatic N) is 3. The van der Waals surface area contributed by atoms with Crippen LogP contribution in [0, 0.1) is 10.1 Å². The number of anilines is 1. The second kappa shape index (κ2) is 7.65. The number of nitro benzene ring substituents is 1. The van der Waals surface area contributed by atoms with Crippen LogP contribution in [-0.2, 0) is 6.54 Å². The van der Waals surface area contributed by atoms with Crippen molar-refractivity contribution in [3.8, 4) is 0 Å². The minimum atomic E-state index is -0.404. The zero-order valence-corrected chi connectivity index (χ0v) is 13.8. The van der Waals surface area contributed by atoms with Crippen molar-refractivity contribution in [2.75, 3.05) is 31.1 Å². The Kier molecular flexibility index (Phi) is 5.13. The average molecular weight is 340 g/mol. The van der Waals surface area contributed by atoms with E-state index in [1.807, 2.05) is 30.3 Å². The lowest BCUT2D eigenvalue weighted by molar-refractivity contribution is -0.384. The summed E-state index contributed by atoms with van der Waals surface area (Å²) in [6.07, 6.45) is 0. The van der Waals surface area contributed by atoms with Crippen LogP contribution in [0.4, 0.5) is 16.2 Å². The molecule has 2 aromatic carbocycles. The first-order chi connectivity index (χ1) is 12.1. The normalized spacial score (nSPS) is 14.2. The third kappa shape index (κ3) is 4.26. The summed E-state index contributed by atoms with van der Waals surface area (Å²) in [5.74, 6) is 0. The smallest absolute Gasteiger partial charge is 0.317 e. The van der Waals surface area contributed by atoms with E-state index < -0.39 is 4.92 Å². The van der Waals surface area contributed by atoms with Crippen LogP contribution in [0.2, 0.25) is 0 Å². The van der Waals surface area contributed by atoms with Crippen LogP contribution < -0.4 is 10.2 Å². The fraction of sp³-hybridized carbons (Fsp3) is 0.278. The quantitative estimate of drug-likeness (QED) is 0.685. The van der Waals surface area contributed by atoms with E-state index in [9.17, 15) is 14.9 Å². The van der Waals surface area contributed by atoms with Crippen molar-refractivity contribution in [2.24, 2.45) is 0 Å². The summed E-state index contributed by atoms with van der Waals surface area (Å²) in [6.45, 7) is 3.17. The number of urea groups is 1. The zero-order valence-electron chi connectivity index (χ0n) is 13.8. The van der Waals surface area contributed by atoms with Gasteiger partial charge in [0.15, 0.2) is 0 Å². The maximum atomic E-state index is 12.3. The Bertz CT molecular complexity index is 726. The van der Waals surface area contributed by atoms with Crippen molar-refractivity contribution in [3.05, 3.63) is 70.3 Å². The molecule has 2 amide bonds. The summed E-state index contributed by atoms with van der Waals surface area (Å²) in [7, 11) is 0. The van der Waals surface area contributed by atoms with Crippen LogP contribution in [0.5, 0.6) is 0 Å². The molecule has 2 aromatic rings. The molecule has 130 valence electrons. The number of piperazine rings is 1. The van der Waals surface area contributed by atoms with Crippen LogP contribution >= 0.6 is 0 Å². The van der Waals surface area contributed by atoms with E-state index in [1.54, 1.807) is 17.0 Å². The van der Waals surface area contributed by atoms with Gasteiger partial charge in [0.2, 0.25) is 0 Å². The predicted molar refractivity (Wildman–Crippen MR) is 95.6 cm³/mol. The summed E-state index contributed by atoms with van der Waals surface area (Å²) in [5.41, 5.74) is 2.10. The van der Waals surface area contributed by atoms with Crippen molar-refractivity contribution in [2.45, 2.75) is 6.54 Å². The Labute approximate surface area is 146 Å². The monoisotopic (exact) mass is 340 g/mol. The molecule has 7 nitrogen and oxygen atoms in total. The van der Waals surface area contributed by atoms with E-state index >= 15 is 0 Å². The molecule has 3 rings (SSSR count). The van der Waals surface area contributed by atoms with Crippen molar-refractivity contribution in [3.63, 3.8) is 0 Å². The number of hydrogen-bond acceptors (Lipinski definition) is 4. The van der Waals surface area contributed by atoms with Gasteiger partial charge in [-0.05, 0) is 17.7 Å². The van der Waals surface area contributed by atoms with Gasteiger partial charge < -0.3 is 15.1 Å². The van der Waals surface area contributed by atoms with Gasteiger partial charge in [0.1, 0.15) is 0 Å². The van der Waals surface area contributed by atoms with Gasteiger partial charge in [-0.1, -0.05) is 30.3 Å². The first-order valence-corrected chi connectivity index (χ1v) is 8.19. The number of hydrogen-bond donors (Lipinski definition) is 1. The molecule has 0 spiro atoms. The van der Waals surface area contributed by atoms with Gasteiger partial charge >= 0.3 is 6.03 Å². The molecule has 1 fully saturated rings. The van der Waals surface area contributed by atoms with E-state index in [-0.39, 0.29) is 11.7 Å². The SMILES string of the molecule is O=C(NCc1ccccc1)N1CCN(c2ccc([N+](=O)[O-])cc2)CC1. The molecule has 0 aliphatic carbocycles. The first-order valence-electron chi connectivity index (χ1n) is 8.19. The van der Waals surface area contributed by atoms with Crippen LogP contribution in [0.15, 0.2) is 54.6 Å². The third-order valence-corrected chi connectivity index (χ3v) is 4.28. The number of amides is 2. The topological polar surface area (TPSA) is 78.7 Å². The highest BCUT2D eigenvalue weighted by Crippen LogP contribution is 2.20. The number of carbonyl (C=O) groups is 1. The lowest BCUT2D eigenvalue weighted by Gasteiger charge is -2.36. The van der Waals surface area contributed by atoms with Gasteiger partial charge in [0, 0.05) is 50.5 Å². The van der Waals surface area contributed by atoms with E-state index in [4.69, 9.17) is 0 Å². The number of carbonyl (C=O) groups excluding carboxylic acids is 1. The summed E-state index contributed by atoms with van der Waals surface area (Å²) in [6, 6.07) is 16.3. The summed E-state index contributed by atoms with van der Waals surface area (Å²) >= 11 is 0. The van der Waals surface area contributed by atoms with Gasteiger partial charge in [-0.3, -0.25) is 10.1 Å². The fourth-order valence-electron chi connectivity index (χ4n) is 2.84. The largest absolute Gasteiger partial charge is 0.368 e. The van der Waals surface area contributed by atoms with Gasteiger partial charge in [-0.15, -0.1) is 0 Å². The second-order valence-electron chi connectivity index (χ2n) is 5.89. The molecule has 0 bridgehead atoms. The minimum Gasteiger partial charge on any atom is -0.368 e. The van der Waals surface area contributed by atoms with Crippen LogP contribution in [0.1, 0.15) is 5.56 Å². The molecule has 0 radical (unpaired) electrons. The fourth-order valence-corrected chi connectivity index (χ4v) is 2.84. The number of rotatable bonds is 4. The third-order valence-electron chi connectivity index (χ3n) is 4.28. The van der Waals surface area contributed by atoms with Crippen molar-refractivity contribution in [1.29, 1.82) is 0 Å². The molecule has 0 aromatic heterocycles. The van der Waals surface area contributed by atoms with Crippen LogP contribution in [0.3, 0.4) is 0 Å². The predicted octanol–water partition coefficient (Wildman–Crippen LogP) is 2.63. The van der Waals surface area contributed by atoms with Crippen molar-refractivity contribution in [1.82, 2.24) is 10.2 Å². The highest BCUT2D eigenvalue weighted by molar-refractivity contribution is 5.74. The molecule has 1 N–H and O–H groups in total. The Hall–Kier alpha value is -3.09. The molecule has 1 saturated heterocycles. The van der Waals surface area contributed by atoms with Crippen molar-refractivity contribution < 1.29 is 9.72 Å². The minimum absolute atomic E-state index is 0.0628. The van der Waals surface area contributed by atoms with E-state index in [2.05, 4.69) is 10.2 Å². The lowest BCUT2D eigenvalue weighted by atomic mass is 10.2. The van der Waals surface area contributed by atoms with Gasteiger partial charge in [-0.25, -0.2) is 4.79 Å². The number of non-ortho nitro benzene ring substituents is 1. The molecule has 1 aliphatic heterocycles. The Morgan fingerprint density at radius 3 is 2.24 bits per heavy atom. The first kappa shape index (κ1) is 16.8. The van der Waals surface area contributed by atoms with Crippen LogP contribution in [-0.4, -0.2) is 42.0 Å². The Balaban J connectivity index is 1.49. The van der Waals surface area contributed by atoms with E-state index in [1.165, 1.54) is 12.1 Å². The summed E-state index contributed by atoms with van der Waals surface area (Å²) < 4.78 is 0. The zero-order chi connectivity index (χ0) is 17.6. The number of nitrogens with one attached hydrogen (secondary N) is 1. The van der Waals surface area contributed by atoms with Crippen molar-refractivity contribution >= 4 is 17.4 Å². The molecule has 7 heteroatoms. The summed E-state index contributed by atoms with van der Waals surface area (Å²) in [4.78, 5) is 26.5. The highest BCUT2D eigenvalue weighted by atomic mass is 16.6. The molecule has 0 unspecified atom stereocenters. The lowest BCUT2D eigenvalue weighted by Crippen LogP contribution is -2.51. The van der Waals surface area contributed by atoms with E-state index in [0.29, 0.717) is 32.7 Å². The van der Waals surface area contributed by atoms with E-state index in [0.717, 1.165) is 11.3 Å². The standard InChI is InChI=1S/C18H20N4O3/c23-18(19-14-15-4-2-1-3-5-15)21-12-10-20(11-13-21)16-6-8-17(9-7-16)22(24)25/h1-9H,10-14H2,(H,19,23). The highest BCUT2D eigenvalue weighted by Gasteiger charge is 2.21. The van der Waals surface area contributed by atoms with Crippen LogP contribution in [0.25, 0.3) is 0 Å². The molecule has 1 aliphatic rings. The second-order valence-corrected chi connectivity index (χ2v) is 5.89. The Morgan fingerprint density at radius 2 is 1.64 bits per heavy atom. The maximum Gasteiger partial charge on any atom is 0.317 e. The number of benzene rings is 2. The maximum absolute atomic E-state index is 12.3. The molecule has 0 saturated carbocycles. The molecule has 25 heavy (non-hydrogen) atoms. The molecular formula is C18H20N4O3. The summed E-state index contributed by atoms with van der Waals surface area (Å²) in [5, 5.41) is 13.6. The molecule has 0 atom stereocenters. The average Bonchev–Trinajstić information content (AvgIpc) is 2.67. The molecule has 1 heterocycles. The number of nitro groups is 1. The van der Waals surface area contributed by atoms with Gasteiger partial charge in [-0.2, -0.15) is 0 Å². The Morgan fingerprint density at radius 1 is 1.00 bits per heavy atom. The molecular weight excluding hydrogens is 320 g/mol.